The van der Waals surface area contributed by atoms with Gasteiger partial charge in [-0.3, -0.25) is 5.32 Å². The number of aromatic carboxylic acids is 1. The van der Waals surface area contributed by atoms with Crippen LogP contribution in [0.1, 0.15) is 22.8 Å². The zero-order valence-electron chi connectivity index (χ0n) is 8.66. The average Bonchev–Trinajstić information content (AvgIpc) is 2.11. The van der Waals surface area contributed by atoms with E-state index in [-0.39, 0.29) is 0 Å². The quantitative estimate of drug-likeness (QED) is 0.706. The lowest BCUT2D eigenvalue weighted by molar-refractivity contribution is -0.657. The van der Waals surface area contributed by atoms with E-state index in [1.165, 1.54) is 0 Å². The molecule has 2 N–H and O–H groups in total. The van der Waals surface area contributed by atoms with Crippen molar-refractivity contribution in [3.8, 4) is 0 Å². The minimum absolute atomic E-state index is 0.344. The molecule has 4 heteroatoms. The second-order valence-electron chi connectivity index (χ2n) is 3.17. The Morgan fingerprint density at radius 1 is 1.64 bits per heavy atom. The van der Waals surface area contributed by atoms with E-state index in [1.54, 1.807) is 17.6 Å². The standard InChI is InChI=1S/C10H14N2O2/c1-4-11-9-8(10(13)14)7(2)5-6-12(9)3/h5-6H,4H2,1-3H3,(H,13,14)/p+1. The Kier molecular flexibility index (Phi) is 3.06. The highest BCUT2D eigenvalue weighted by Crippen LogP contribution is 2.14. The minimum Gasteiger partial charge on any atom is -0.477 e. The molecule has 0 amide bonds. The number of carbonyl (C=O) groups is 1. The molecular weight excluding hydrogens is 180 g/mol. The maximum atomic E-state index is 11.0. The Labute approximate surface area is 83.2 Å². The summed E-state index contributed by atoms with van der Waals surface area (Å²) in [6.45, 7) is 4.44. The molecule has 0 spiro atoms. The van der Waals surface area contributed by atoms with Crippen LogP contribution in [0.25, 0.3) is 0 Å². The number of nitrogens with zero attached hydrogens (tertiary/aromatic N) is 1. The predicted molar refractivity (Wildman–Crippen MR) is 53.5 cm³/mol. The maximum Gasteiger partial charge on any atom is 0.344 e. The van der Waals surface area contributed by atoms with Crippen LogP contribution in [-0.2, 0) is 7.05 Å². The largest absolute Gasteiger partial charge is 0.477 e. The molecule has 0 saturated heterocycles. The van der Waals surface area contributed by atoms with Crippen LogP contribution >= 0.6 is 0 Å². The van der Waals surface area contributed by atoms with Crippen LogP contribution in [0.2, 0.25) is 0 Å². The number of hydrogen-bond acceptors (Lipinski definition) is 2. The van der Waals surface area contributed by atoms with E-state index in [1.807, 2.05) is 20.2 Å². The van der Waals surface area contributed by atoms with Gasteiger partial charge in [-0.25, -0.2) is 9.36 Å². The van der Waals surface area contributed by atoms with Crippen molar-refractivity contribution in [1.29, 1.82) is 0 Å². The highest BCUT2D eigenvalue weighted by Gasteiger charge is 2.20. The Morgan fingerprint density at radius 2 is 2.29 bits per heavy atom. The third-order valence-corrected chi connectivity index (χ3v) is 2.09. The summed E-state index contributed by atoms with van der Waals surface area (Å²) in [5.41, 5.74) is 1.11. The van der Waals surface area contributed by atoms with Crippen LogP contribution in [0.3, 0.4) is 0 Å². The van der Waals surface area contributed by atoms with Gasteiger partial charge in [0, 0.05) is 0 Å². The van der Waals surface area contributed by atoms with E-state index in [9.17, 15) is 4.79 Å². The first-order chi connectivity index (χ1) is 6.57. The topological polar surface area (TPSA) is 53.2 Å². The van der Waals surface area contributed by atoms with E-state index in [4.69, 9.17) is 5.11 Å². The van der Waals surface area contributed by atoms with Gasteiger partial charge in [0.15, 0.2) is 5.56 Å². The number of hydrogen-bond donors (Lipinski definition) is 2. The van der Waals surface area contributed by atoms with Gasteiger partial charge in [-0.2, -0.15) is 0 Å². The van der Waals surface area contributed by atoms with Crippen LogP contribution in [0, 0.1) is 6.92 Å². The number of carboxylic acids is 1. The first-order valence-corrected chi connectivity index (χ1v) is 4.54. The molecule has 0 atom stereocenters. The Bertz CT molecular complexity index is 361. The molecule has 0 aromatic carbocycles. The van der Waals surface area contributed by atoms with Crippen molar-refractivity contribution >= 4 is 11.8 Å². The molecular formula is C10H15N2O2+. The van der Waals surface area contributed by atoms with Crippen molar-refractivity contribution in [1.82, 2.24) is 0 Å². The van der Waals surface area contributed by atoms with Gasteiger partial charge < -0.3 is 5.11 Å². The summed E-state index contributed by atoms with van der Waals surface area (Å²) in [4.78, 5) is 11.0. The van der Waals surface area contributed by atoms with Crippen molar-refractivity contribution in [2.45, 2.75) is 13.8 Å². The van der Waals surface area contributed by atoms with E-state index in [0.717, 1.165) is 5.56 Å². The van der Waals surface area contributed by atoms with Gasteiger partial charge in [-0.05, 0) is 25.5 Å². The Morgan fingerprint density at radius 3 is 2.79 bits per heavy atom. The predicted octanol–water partition coefficient (Wildman–Crippen LogP) is 0.950. The van der Waals surface area contributed by atoms with E-state index in [2.05, 4.69) is 5.32 Å². The summed E-state index contributed by atoms with van der Waals surface area (Å²) < 4.78 is 1.78. The molecule has 0 saturated carbocycles. The summed E-state index contributed by atoms with van der Waals surface area (Å²) in [6, 6.07) is 1.80. The summed E-state index contributed by atoms with van der Waals surface area (Å²) >= 11 is 0. The first-order valence-electron chi connectivity index (χ1n) is 4.54. The van der Waals surface area contributed by atoms with Gasteiger partial charge in [0.05, 0.1) is 19.8 Å². The number of anilines is 1. The number of aryl methyl sites for hydroxylation is 2. The van der Waals surface area contributed by atoms with Crippen molar-refractivity contribution < 1.29 is 14.5 Å². The van der Waals surface area contributed by atoms with Gasteiger partial charge in [0.2, 0.25) is 0 Å². The lowest BCUT2D eigenvalue weighted by atomic mass is 10.1. The smallest absolute Gasteiger partial charge is 0.344 e. The van der Waals surface area contributed by atoms with Crippen molar-refractivity contribution in [2.24, 2.45) is 7.05 Å². The summed E-state index contributed by atoms with van der Waals surface area (Å²) in [5.74, 6) is -0.241. The van der Waals surface area contributed by atoms with Crippen LogP contribution in [0.15, 0.2) is 12.3 Å². The van der Waals surface area contributed by atoms with Gasteiger partial charge in [0.1, 0.15) is 0 Å². The molecule has 1 aromatic heterocycles. The molecule has 0 radical (unpaired) electrons. The van der Waals surface area contributed by atoms with Crippen LogP contribution in [0.4, 0.5) is 5.82 Å². The zero-order valence-corrected chi connectivity index (χ0v) is 8.66. The highest BCUT2D eigenvalue weighted by atomic mass is 16.4. The molecule has 0 aliphatic rings. The summed E-state index contributed by atoms with van der Waals surface area (Å²) in [5, 5.41) is 12.1. The van der Waals surface area contributed by atoms with Crippen molar-refractivity contribution in [3.63, 3.8) is 0 Å². The number of rotatable bonds is 3. The normalized spacial score (nSPS) is 9.93. The summed E-state index contributed by atoms with van der Waals surface area (Å²) in [7, 11) is 1.82. The SMILES string of the molecule is CCNc1c(C(=O)O)c(C)cc[n+]1C. The van der Waals surface area contributed by atoms with Crippen LogP contribution < -0.4 is 9.88 Å². The molecule has 0 unspecified atom stereocenters. The third-order valence-electron chi connectivity index (χ3n) is 2.09. The van der Waals surface area contributed by atoms with Crippen molar-refractivity contribution in [3.05, 3.63) is 23.4 Å². The fourth-order valence-corrected chi connectivity index (χ4v) is 1.40. The number of carboxylic acid groups (broad SMARTS) is 1. The molecule has 0 fully saturated rings. The highest BCUT2D eigenvalue weighted by molar-refractivity contribution is 5.93. The minimum atomic E-state index is -0.894. The zero-order chi connectivity index (χ0) is 10.7. The van der Waals surface area contributed by atoms with E-state index < -0.39 is 5.97 Å². The number of pyridine rings is 1. The van der Waals surface area contributed by atoms with Gasteiger partial charge in [-0.15, -0.1) is 0 Å². The molecule has 1 aromatic rings. The molecule has 0 bridgehead atoms. The third kappa shape index (κ3) is 1.84. The molecule has 1 rings (SSSR count). The Hall–Kier alpha value is -1.58. The maximum absolute atomic E-state index is 11.0. The lowest BCUT2D eigenvalue weighted by Crippen LogP contribution is -2.34. The lowest BCUT2D eigenvalue weighted by Gasteiger charge is -2.07. The van der Waals surface area contributed by atoms with Gasteiger partial charge in [-0.1, -0.05) is 0 Å². The van der Waals surface area contributed by atoms with Crippen LogP contribution in [0.5, 0.6) is 0 Å². The fourth-order valence-electron chi connectivity index (χ4n) is 1.40. The Balaban J connectivity index is 3.33. The van der Waals surface area contributed by atoms with Gasteiger partial charge in [0.25, 0.3) is 5.82 Å². The molecule has 0 aliphatic carbocycles. The monoisotopic (exact) mass is 195 g/mol. The average molecular weight is 195 g/mol. The van der Waals surface area contributed by atoms with E-state index >= 15 is 0 Å². The van der Waals surface area contributed by atoms with Crippen LogP contribution in [-0.4, -0.2) is 17.6 Å². The van der Waals surface area contributed by atoms with Crippen molar-refractivity contribution in [2.75, 3.05) is 11.9 Å². The summed E-state index contributed by atoms with van der Waals surface area (Å²) in [6.07, 6.45) is 1.85. The molecule has 14 heavy (non-hydrogen) atoms. The second kappa shape index (κ2) is 4.09. The fraction of sp³-hybridized carbons (Fsp3) is 0.400. The first kappa shape index (κ1) is 10.5. The van der Waals surface area contributed by atoms with Gasteiger partial charge >= 0.3 is 5.97 Å². The number of aromatic nitrogens is 1. The molecule has 0 aliphatic heterocycles. The number of nitrogens with one attached hydrogen (secondary N) is 1. The second-order valence-corrected chi connectivity index (χ2v) is 3.17. The molecule has 76 valence electrons. The molecule has 1 heterocycles. The molecule has 4 nitrogen and oxygen atoms in total. The van der Waals surface area contributed by atoms with E-state index in [0.29, 0.717) is 17.9 Å².